The number of amides is 4. The summed E-state index contributed by atoms with van der Waals surface area (Å²) < 4.78 is 5.42. The summed E-state index contributed by atoms with van der Waals surface area (Å²) in [6.07, 6.45) is 3.73. The molecule has 1 aliphatic heterocycles. The van der Waals surface area contributed by atoms with Gasteiger partial charge in [0.05, 0.1) is 6.04 Å². The molecule has 5 atom stereocenters. The van der Waals surface area contributed by atoms with Crippen LogP contribution in [0.1, 0.15) is 80.7 Å². The summed E-state index contributed by atoms with van der Waals surface area (Å²) in [6.45, 7) is 17.3. The van der Waals surface area contributed by atoms with E-state index < -0.39 is 52.8 Å². The van der Waals surface area contributed by atoms with Crippen LogP contribution in [0.5, 0.6) is 0 Å². The third kappa shape index (κ3) is 8.48. The van der Waals surface area contributed by atoms with E-state index in [0.29, 0.717) is 13.0 Å². The lowest BCUT2D eigenvalue weighted by atomic mass is 9.85. The first-order valence-corrected chi connectivity index (χ1v) is 15.5. The lowest BCUT2D eigenvalue weighted by molar-refractivity contribution is -0.145. The molecule has 1 aromatic rings. The average Bonchev–Trinajstić information content (AvgIpc) is 3.24. The zero-order valence-electron chi connectivity index (χ0n) is 27.7. The number of fused-ring (bicyclic) bond motifs is 1. The minimum atomic E-state index is -1.03. The molecule has 4 unspecified atom stereocenters. The number of benzene rings is 1. The summed E-state index contributed by atoms with van der Waals surface area (Å²) in [4.78, 5) is 68.1. The predicted molar refractivity (Wildman–Crippen MR) is 169 cm³/mol. The van der Waals surface area contributed by atoms with Crippen molar-refractivity contribution in [1.82, 2.24) is 20.9 Å². The molecule has 2 fully saturated rings. The highest BCUT2D eigenvalue weighted by molar-refractivity contribution is 6.38. The fraction of sp³-hybridized carbons (Fsp3) is 0.618. The van der Waals surface area contributed by atoms with Crippen molar-refractivity contribution in [3.05, 3.63) is 42.0 Å². The Morgan fingerprint density at radius 2 is 1.66 bits per heavy atom. The predicted octanol–water partition coefficient (Wildman–Crippen LogP) is 4.09. The Bertz CT molecular complexity index is 1260. The number of nitrogens with zero attached hydrogens (tertiary/aromatic N) is 1. The van der Waals surface area contributed by atoms with Gasteiger partial charge < -0.3 is 25.6 Å². The summed E-state index contributed by atoms with van der Waals surface area (Å²) in [5.74, 6) is -2.36. The Balaban J connectivity index is 1.74. The van der Waals surface area contributed by atoms with E-state index in [1.807, 2.05) is 64.1 Å². The number of ketones is 1. The van der Waals surface area contributed by atoms with Gasteiger partial charge in [-0.2, -0.15) is 0 Å². The average molecular weight is 611 g/mol. The fourth-order valence-electron chi connectivity index (χ4n) is 6.02. The molecule has 4 amide bonds. The smallest absolute Gasteiger partial charge is 0.408 e. The van der Waals surface area contributed by atoms with Gasteiger partial charge in [-0.25, -0.2) is 4.79 Å². The van der Waals surface area contributed by atoms with Gasteiger partial charge >= 0.3 is 6.09 Å². The van der Waals surface area contributed by atoms with Gasteiger partial charge in [0.2, 0.25) is 17.6 Å². The van der Waals surface area contributed by atoms with Crippen LogP contribution in [0.2, 0.25) is 0 Å². The molecule has 1 saturated carbocycles. The van der Waals surface area contributed by atoms with E-state index in [9.17, 15) is 24.0 Å². The summed E-state index contributed by atoms with van der Waals surface area (Å²) >= 11 is 0. The largest absolute Gasteiger partial charge is 0.444 e. The van der Waals surface area contributed by atoms with Gasteiger partial charge in [-0.15, -0.1) is 0 Å². The number of likely N-dealkylation sites (tertiary alicyclic amines) is 1. The first-order valence-electron chi connectivity index (χ1n) is 15.5. The van der Waals surface area contributed by atoms with E-state index in [1.54, 1.807) is 26.8 Å². The van der Waals surface area contributed by atoms with Gasteiger partial charge in [0.1, 0.15) is 17.7 Å². The van der Waals surface area contributed by atoms with E-state index in [4.69, 9.17) is 4.74 Å². The van der Waals surface area contributed by atoms with Crippen molar-refractivity contribution in [2.45, 2.75) is 98.9 Å². The lowest BCUT2D eigenvalue weighted by Crippen LogP contribution is -2.60. The molecule has 0 radical (unpaired) electrons. The third-order valence-electron chi connectivity index (χ3n) is 8.46. The lowest BCUT2D eigenvalue weighted by Gasteiger charge is -2.38. The third-order valence-corrected chi connectivity index (χ3v) is 8.46. The molecule has 0 bridgehead atoms. The molecule has 10 nitrogen and oxygen atoms in total. The van der Waals surface area contributed by atoms with Crippen molar-refractivity contribution in [3.63, 3.8) is 0 Å². The van der Waals surface area contributed by atoms with Gasteiger partial charge in [0, 0.05) is 13.1 Å². The molecule has 242 valence electrons. The second-order valence-corrected chi connectivity index (χ2v) is 14.6. The van der Waals surface area contributed by atoms with Crippen LogP contribution in [0.4, 0.5) is 4.79 Å². The maximum Gasteiger partial charge on any atom is 0.408 e. The normalized spacial score (nSPS) is 22.0. The number of nitrogens with one attached hydrogen (secondary N) is 3. The monoisotopic (exact) mass is 610 g/mol. The Kier molecular flexibility index (Phi) is 10.7. The van der Waals surface area contributed by atoms with E-state index in [0.717, 1.165) is 5.56 Å². The van der Waals surface area contributed by atoms with Gasteiger partial charge in [-0.1, -0.05) is 90.4 Å². The number of hydrogen-bond acceptors (Lipinski definition) is 6. The number of ether oxygens (including phenoxy) is 1. The maximum atomic E-state index is 14.0. The van der Waals surface area contributed by atoms with Crippen molar-refractivity contribution in [3.8, 4) is 0 Å². The van der Waals surface area contributed by atoms with E-state index in [1.165, 1.54) is 4.90 Å². The highest BCUT2D eigenvalue weighted by atomic mass is 16.6. The second-order valence-electron chi connectivity index (χ2n) is 14.6. The minimum Gasteiger partial charge on any atom is -0.444 e. The summed E-state index contributed by atoms with van der Waals surface area (Å²) in [6, 6.07) is 6.77. The highest BCUT2D eigenvalue weighted by Crippen LogP contribution is 2.65. The SMILES string of the molecule is CCCC(NC(=O)[C@@H]1C2C(CN1C(=O)C(NC(=O)OC(C)(C)C)C(C)(C)C)C2(C)C)C(=O)C(=O)NCC=Cc1ccccc1. The summed E-state index contributed by atoms with van der Waals surface area (Å²) in [7, 11) is 0. The number of rotatable bonds is 11. The Hall–Kier alpha value is -3.69. The maximum absolute atomic E-state index is 14.0. The molecule has 44 heavy (non-hydrogen) atoms. The molecular formula is C34H50N4O6. The van der Waals surface area contributed by atoms with Crippen LogP contribution in [0, 0.1) is 22.7 Å². The van der Waals surface area contributed by atoms with Crippen LogP contribution in [0.25, 0.3) is 6.08 Å². The summed E-state index contributed by atoms with van der Waals surface area (Å²) in [5.41, 5.74) is -0.620. The minimum absolute atomic E-state index is 0.101. The molecule has 1 aliphatic carbocycles. The van der Waals surface area contributed by atoms with E-state index in [2.05, 4.69) is 29.8 Å². The summed E-state index contributed by atoms with van der Waals surface area (Å²) in [5, 5.41) is 8.16. The molecule has 2 aliphatic rings. The van der Waals surface area contributed by atoms with E-state index >= 15 is 0 Å². The van der Waals surface area contributed by atoms with Crippen molar-refractivity contribution >= 4 is 35.7 Å². The standard InChI is InChI=1S/C34H50N4O6/c1-10-15-23(26(39)29(41)35-19-14-18-21-16-12-11-13-17-21)36-28(40)25-24-22(34(24,8)9)20-38(25)30(42)27(32(2,3)4)37-31(43)44-33(5,6)7/h11-14,16-18,22-25,27H,10,15,19-20H2,1-9H3,(H,35,41)(H,36,40)(H,37,43)/t22?,23?,24?,25-,27?/m0/s1. The topological polar surface area (TPSA) is 134 Å². The molecule has 3 rings (SSSR count). The van der Waals surface area contributed by atoms with Gasteiger partial charge in [-0.05, 0) is 55.4 Å². The van der Waals surface area contributed by atoms with Crippen LogP contribution >= 0.6 is 0 Å². The Morgan fingerprint density at radius 3 is 2.23 bits per heavy atom. The van der Waals surface area contributed by atoms with Crippen molar-refractivity contribution in [2.24, 2.45) is 22.7 Å². The van der Waals surface area contributed by atoms with Gasteiger partial charge in [-0.3, -0.25) is 19.2 Å². The first-order chi connectivity index (χ1) is 20.4. The van der Waals surface area contributed by atoms with Gasteiger partial charge in [0.15, 0.2) is 0 Å². The highest BCUT2D eigenvalue weighted by Gasteiger charge is 2.70. The van der Waals surface area contributed by atoms with Crippen LogP contribution in [-0.2, 0) is 23.9 Å². The molecule has 0 aromatic heterocycles. The number of hydrogen-bond donors (Lipinski definition) is 3. The number of piperidine rings is 1. The Morgan fingerprint density at radius 1 is 1.02 bits per heavy atom. The van der Waals surface area contributed by atoms with Gasteiger partial charge in [0.25, 0.3) is 5.91 Å². The fourth-order valence-corrected chi connectivity index (χ4v) is 6.02. The quantitative estimate of drug-likeness (QED) is 0.323. The molecule has 3 N–H and O–H groups in total. The zero-order chi connectivity index (χ0) is 33.0. The zero-order valence-corrected chi connectivity index (χ0v) is 27.7. The van der Waals surface area contributed by atoms with Crippen molar-refractivity contribution in [2.75, 3.05) is 13.1 Å². The molecule has 1 aromatic carbocycles. The van der Waals surface area contributed by atoms with Crippen LogP contribution in [0.15, 0.2) is 36.4 Å². The number of carbonyl (C=O) groups excluding carboxylic acids is 5. The van der Waals surface area contributed by atoms with E-state index in [-0.39, 0.29) is 36.1 Å². The van der Waals surface area contributed by atoms with Crippen LogP contribution in [0.3, 0.4) is 0 Å². The molecular weight excluding hydrogens is 560 g/mol. The molecule has 10 heteroatoms. The Labute approximate surface area is 261 Å². The first kappa shape index (κ1) is 34.8. The van der Waals surface area contributed by atoms with Crippen LogP contribution < -0.4 is 16.0 Å². The number of Topliss-reactive ketones (excluding diaryl/α,β-unsaturated/α-hetero) is 1. The van der Waals surface area contributed by atoms with Crippen LogP contribution in [-0.4, -0.2) is 71.3 Å². The molecule has 1 saturated heterocycles. The molecule has 1 heterocycles. The van der Waals surface area contributed by atoms with Crippen molar-refractivity contribution in [1.29, 1.82) is 0 Å². The number of carbonyl (C=O) groups is 5. The number of alkyl carbamates (subject to hydrolysis) is 1. The van der Waals surface area contributed by atoms with Crippen molar-refractivity contribution < 1.29 is 28.7 Å². The molecule has 0 spiro atoms. The second kappa shape index (κ2) is 13.5.